The first-order chi connectivity index (χ1) is 9.11. The summed E-state index contributed by atoms with van der Waals surface area (Å²) in [7, 11) is 1.66. The van der Waals surface area contributed by atoms with Crippen molar-refractivity contribution in [2.75, 3.05) is 20.1 Å². The summed E-state index contributed by atoms with van der Waals surface area (Å²) in [5.74, 6) is 0.200. The highest BCUT2D eigenvalue weighted by Crippen LogP contribution is 2.20. The lowest BCUT2D eigenvalue weighted by atomic mass is 9.94. The molecule has 2 amide bonds. The summed E-state index contributed by atoms with van der Waals surface area (Å²) >= 11 is 0. The molecule has 2 fully saturated rings. The zero-order chi connectivity index (χ0) is 13.8. The molecule has 0 saturated carbocycles. The Morgan fingerprint density at radius 2 is 2.00 bits per heavy atom. The highest BCUT2D eigenvalue weighted by Gasteiger charge is 2.32. The molecular weight excluding hydrogens is 242 g/mol. The molecule has 108 valence electrons. The smallest absolute Gasteiger partial charge is 0.239 e. The second-order valence-electron chi connectivity index (χ2n) is 5.79. The Balaban J connectivity index is 1.93. The molecule has 0 radical (unpaired) electrons. The predicted molar refractivity (Wildman–Crippen MR) is 73.6 cm³/mol. The molecule has 2 saturated heterocycles. The van der Waals surface area contributed by atoms with Crippen LogP contribution in [0.15, 0.2) is 0 Å². The predicted octanol–water partition coefficient (Wildman–Crippen LogP) is 0.502. The van der Waals surface area contributed by atoms with Crippen LogP contribution in [0.25, 0.3) is 0 Å². The van der Waals surface area contributed by atoms with E-state index in [4.69, 9.17) is 0 Å². The van der Waals surface area contributed by atoms with Gasteiger partial charge in [-0.25, -0.2) is 0 Å². The maximum atomic E-state index is 12.5. The number of nitrogens with one attached hydrogen (secondary N) is 2. The van der Waals surface area contributed by atoms with Crippen molar-refractivity contribution in [2.24, 2.45) is 5.92 Å². The summed E-state index contributed by atoms with van der Waals surface area (Å²) in [5.41, 5.74) is 0. The SMILES string of the molecule is CNC(=O)C1CCCN(C(=O)C2CCCC(C)N2)C1. The number of piperidine rings is 2. The standard InChI is InChI=1S/C14H25N3O2/c1-10-5-3-7-12(16-10)14(19)17-8-4-6-11(9-17)13(18)15-2/h10-12,16H,3-9H2,1-2H3,(H,15,18). The fourth-order valence-corrected chi connectivity index (χ4v) is 3.15. The third-order valence-corrected chi connectivity index (χ3v) is 4.26. The minimum Gasteiger partial charge on any atom is -0.359 e. The number of amides is 2. The Bertz CT molecular complexity index is 346. The van der Waals surface area contributed by atoms with E-state index in [9.17, 15) is 9.59 Å². The van der Waals surface area contributed by atoms with Crippen LogP contribution in [0.5, 0.6) is 0 Å². The van der Waals surface area contributed by atoms with Gasteiger partial charge in [-0.2, -0.15) is 0 Å². The molecular formula is C14H25N3O2. The Labute approximate surface area is 115 Å². The van der Waals surface area contributed by atoms with Gasteiger partial charge in [-0.05, 0) is 39.0 Å². The first kappa shape index (κ1) is 14.3. The number of carbonyl (C=O) groups excluding carboxylic acids is 2. The van der Waals surface area contributed by atoms with Gasteiger partial charge in [0.15, 0.2) is 0 Å². The molecule has 0 aromatic carbocycles. The fourth-order valence-electron chi connectivity index (χ4n) is 3.15. The number of likely N-dealkylation sites (tertiary alicyclic amines) is 1. The van der Waals surface area contributed by atoms with E-state index in [2.05, 4.69) is 17.6 Å². The molecule has 2 aliphatic rings. The molecule has 3 atom stereocenters. The van der Waals surface area contributed by atoms with Gasteiger partial charge in [0.25, 0.3) is 0 Å². The maximum Gasteiger partial charge on any atom is 0.239 e. The van der Waals surface area contributed by atoms with E-state index in [1.54, 1.807) is 7.05 Å². The molecule has 5 heteroatoms. The minimum absolute atomic E-state index is 0.0382. The summed E-state index contributed by atoms with van der Waals surface area (Å²) in [6, 6.07) is 0.370. The molecule has 0 bridgehead atoms. The number of rotatable bonds is 2. The lowest BCUT2D eigenvalue weighted by Gasteiger charge is -2.36. The van der Waals surface area contributed by atoms with E-state index in [1.165, 1.54) is 0 Å². The first-order valence-electron chi connectivity index (χ1n) is 7.38. The zero-order valence-corrected chi connectivity index (χ0v) is 11.9. The van der Waals surface area contributed by atoms with Crippen molar-refractivity contribution in [3.63, 3.8) is 0 Å². The molecule has 0 aromatic heterocycles. The van der Waals surface area contributed by atoms with Gasteiger partial charge in [0, 0.05) is 26.2 Å². The summed E-state index contributed by atoms with van der Waals surface area (Å²) in [4.78, 5) is 26.1. The third kappa shape index (κ3) is 3.47. The summed E-state index contributed by atoms with van der Waals surface area (Å²) < 4.78 is 0. The largest absolute Gasteiger partial charge is 0.359 e. The maximum absolute atomic E-state index is 12.5. The van der Waals surface area contributed by atoms with E-state index in [0.717, 1.165) is 38.6 Å². The van der Waals surface area contributed by atoms with Gasteiger partial charge in [-0.3, -0.25) is 9.59 Å². The van der Waals surface area contributed by atoms with Crippen molar-refractivity contribution in [1.29, 1.82) is 0 Å². The first-order valence-corrected chi connectivity index (χ1v) is 7.38. The van der Waals surface area contributed by atoms with Crippen molar-refractivity contribution in [3.05, 3.63) is 0 Å². The van der Waals surface area contributed by atoms with Gasteiger partial charge in [0.2, 0.25) is 11.8 Å². The lowest BCUT2D eigenvalue weighted by molar-refractivity contribution is -0.138. The second-order valence-corrected chi connectivity index (χ2v) is 5.79. The highest BCUT2D eigenvalue weighted by molar-refractivity contribution is 5.84. The Kier molecular flexibility index (Phi) is 4.80. The van der Waals surface area contributed by atoms with Crippen LogP contribution in [0.2, 0.25) is 0 Å². The number of hydrogen-bond acceptors (Lipinski definition) is 3. The van der Waals surface area contributed by atoms with Crippen molar-refractivity contribution in [3.8, 4) is 0 Å². The van der Waals surface area contributed by atoms with E-state index >= 15 is 0 Å². The quantitative estimate of drug-likeness (QED) is 0.766. The van der Waals surface area contributed by atoms with Crippen LogP contribution in [-0.2, 0) is 9.59 Å². The van der Waals surface area contributed by atoms with Crippen LogP contribution < -0.4 is 10.6 Å². The molecule has 0 aliphatic carbocycles. The monoisotopic (exact) mass is 267 g/mol. The molecule has 2 rings (SSSR count). The topological polar surface area (TPSA) is 61.4 Å². The highest BCUT2D eigenvalue weighted by atomic mass is 16.2. The average Bonchev–Trinajstić information content (AvgIpc) is 2.45. The van der Waals surface area contributed by atoms with Crippen molar-refractivity contribution < 1.29 is 9.59 Å². The molecule has 2 heterocycles. The normalized spacial score (nSPS) is 31.9. The van der Waals surface area contributed by atoms with Gasteiger partial charge in [0.05, 0.1) is 12.0 Å². The van der Waals surface area contributed by atoms with Crippen LogP contribution in [0, 0.1) is 5.92 Å². The van der Waals surface area contributed by atoms with Crippen molar-refractivity contribution >= 4 is 11.8 Å². The van der Waals surface area contributed by atoms with E-state index in [1.807, 2.05) is 4.90 Å². The molecule has 2 N–H and O–H groups in total. The van der Waals surface area contributed by atoms with Crippen LogP contribution in [0.4, 0.5) is 0 Å². The van der Waals surface area contributed by atoms with Crippen LogP contribution in [-0.4, -0.2) is 48.9 Å². The summed E-state index contributed by atoms with van der Waals surface area (Å²) in [6.07, 6.45) is 4.98. The van der Waals surface area contributed by atoms with Gasteiger partial charge >= 0.3 is 0 Å². The molecule has 3 unspecified atom stereocenters. The Morgan fingerprint density at radius 1 is 1.21 bits per heavy atom. The second kappa shape index (κ2) is 6.37. The Morgan fingerprint density at radius 3 is 2.68 bits per heavy atom. The van der Waals surface area contributed by atoms with Gasteiger partial charge in [-0.1, -0.05) is 0 Å². The van der Waals surface area contributed by atoms with Crippen molar-refractivity contribution in [1.82, 2.24) is 15.5 Å². The molecule has 0 aromatic rings. The molecule has 2 aliphatic heterocycles. The van der Waals surface area contributed by atoms with Crippen molar-refractivity contribution in [2.45, 2.75) is 51.1 Å². The molecule has 0 spiro atoms. The number of hydrogen-bond donors (Lipinski definition) is 2. The molecule has 5 nitrogen and oxygen atoms in total. The zero-order valence-electron chi connectivity index (χ0n) is 11.9. The Hall–Kier alpha value is -1.10. The van der Waals surface area contributed by atoms with Crippen LogP contribution >= 0.6 is 0 Å². The van der Waals surface area contributed by atoms with Crippen LogP contribution in [0.3, 0.4) is 0 Å². The number of carbonyl (C=O) groups is 2. The van der Waals surface area contributed by atoms with Gasteiger partial charge in [0.1, 0.15) is 0 Å². The summed E-state index contributed by atoms with van der Waals surface area (Å²) in [5, 5.41) is 6.07. The average molecular weight is 267 g/mol. The van der Waals surface area contributed by atoms with Gasteiger partial charge < -0.3 is 15.5 Å². The number of nitrogens with zero attached hydrogens (tertiary/aromatic N) is 1. The summed E-state index contributed by atoms with van der Waals surface area (Å²) in [6.45, 7) is 3.49. The van der Waals surface area contributed by atoms with Gasteiger partial charge in [-0.15, -0.1) is 0 Å². The van der Waals surface area contributed by atoms with E-state index < -0.39 is 0 Å². The third-order valence-electron chi connectivity index (χ3n) is 4.26. The lowest BCUT2D eigenvalue weighted by Crippen LogP contribution is -2.54. The van der Waals surface area contributed by atoms with E-state index in [0.29, 0.717) is 12.6 Å². The fraction of sp³-hybridized carbons (Fsp3) is 0.857. The minimum atomic E-state index is -0.0489. The van der Waals surface area contributed by atoms with E-state index in [-0.39, 0.29) is 23.8 Å². The molecule has 19 heavy (non-hydrogen) atoms. The van der Waals surface area contributed by atoms with Crippen LogP contribution in [0.1, 0.15) is 39.0 Å².